The van der Waals surface area contributed by atoms with Gasteiger partial charge in [0.25, 0.3) is 0 Å². The van der Waals surface area contributed by atoms with Gasteiger partial charge >= 0.3 is 5.97 Å². The Hall–Kier alpha value is -1.50. The summed E-state index contributed by atoms with van der Waals surface area (Å²) in [7, 11) is 0. The highest BCUT2D eigenvalue weighted by Crippen LogP contribution is 1.92. The normalized spacial score (nSPS) is 11.3. The average Bonchev–Trinajstić information content (AvgIpc) is 1.98. The number of hydrogen-bond acceptors (Lipinski definition) is 2. The third kappa shape index (κ3) is 3.26. The summed E-state index contributed by atoms with van der Waals surface area (Å²) in [6.45, 7) is 1.37. The molecule has 0 rings (SSSR count). The number of nitrogens with one attached hydrogen (secondary N) is 1. The smallest absolute Gasteiger partial charge is 0.315 e. The number of terminal acetylenes is 1. The first-order valence-corrected chi connectivity index (χ1v) is 3.03. The summed E-state index contributed by atoms with van der Waals surface area (Å²) in [4.78, 5) is 20.9. The van der Waals surface area contributed by atoms with Gasteiger partial charge in [-0.15, -0.1) is 6.42 Å². The third-order valence-corrected chi connectivity index (χ3v) is 1.13. The SMILES string of the molecule is C#CCNC(=O)C(C)C(=O)O. The highest BCUT2D eigenvalue weighted by molar-refractivity contribution is 5.96. The van der Waals surface area contributed by atoms with Gasteiger partial charge in [0.15, 0.2) is 0 Å². The number of carbonyl (C=O) groups is 2. The molecule has 1 atom stereocenters. The minimum atomic E-state index is -1.15. The van der Waals surface area contributed by atoms with Crippen LogP contribution in [0.1, 0.15) is 6.92 Å². The second kappa shape index (κ2) is 4.34. The topological polar surface area (TPSA) is 66.4 Å². The fourth-order valence-electron chi connectivity index (χ4n) is 0.403. The molecule has 0 aromatic heterocycles. The van der Waals surface area contributed by atoms with Gasteiger partial charge in [-0.2, -0.15) is 0 Å². The lowest BCUT2D eigenvalue weighted by Gasteiger charge is -2.04. The highest BCUT2D eigenvalue weighted by Gasteiger charge is 2.18. The fourth-order valence-corrected chi connectivity index (χ4v) is 0.403. The first-order valence-electron chi connectivity index (χ1n) is 3.03. The molecule has 1 amide bonds. The maximum Gasteiger partial charge on any atom is 0.315 e. The second-order valence-corrected chi connectivity index (χ2v) is 1.98. The van der Waals surface area contributed by atoms with Gasteiger partial charge in [0.1, 0.15) is 5.92 Å². The van der Waals surface area contributed by atoms with Crippen LogP contribution in [0.2, 0.25) is 0 Å². The number of rotatable bonds is 3. The molecule has 0 aliphatic heterocycles. The molecule has 0 aromatic carbocycles. The van der Waals surface area contributed by atoms with Gasteiger partial charge < -0.3 is 10.4 Å². The molecule has 4 heteroatoms. The first-order chi connectivity index (χ1) is 5.09. The number of amides is 1. The van der Waals surface area contributed by atoms with Crippen LogP contribution in [0.3, 0.4) is 0 Å². The zero-order valence-corrected chi connectivity index (χ0v) is 6.13. The predicted octanol–water partition coefficient (Wildman–Crippen LogP) is -0.544. The second-order valence-electron chi connectivity index (χ2n) is 1.98. The summed E-state index contributed by atoms with van der Waals surface area (Å²) in [5, 5.41) is 10.6. The van der Waals surface area contributed by atoms with E-state index < -0.39 is 17.8 Å². The Morgan fingerprint density at radius 2 is 2.27 bits per heavy atom. The molecule has 0 saturated heterocycles. The summed E-state index contributed by atoms with van der Waals surface area (Å²) in [5.74, 6) is -0.584. The van der Waals surface area contributed by atoms with Gasteiger partial charge in [0.05, 0.1) is 6.54 Å². The maximum absolute atomic E-state index is 10.8. The van der Waals surface area contributed by atoms with E-state index in [1.54, 1.807) is 0 Å². The molecule has 0 radical (unpaired) electrons. The van der Waals surface area contributed by atoms with Crippen LogP contribution in [0.5, 0.6) is 0 Å². The van der Waals surface area contributed by atoms with E-state index in [0.717, 1.165) is 0 Å². The van der Waals surface area contributed by atoms with E-state index in [0.29, 0.717) is 0 Å². The molecule has 11 heavy (non-hydrogen) atoms. The van der Waals surface area contributed by atoms with Gasteiger partial charge in [-0.1, -0.05) is 5.92 Å². The molecule has 4 nitrogen and oxygen atoms in total. The quantitative estimate of drug-likeness (QED) is 0.424. The highest BCUT2D eigenvalue weighted by atomic mass is 16.4. The lowest BCUT2D eigenvalue weighted by molar-refractivity contribution is -0.146. The van der Waals surface area contributed by atoms with Crippen LogP contribution >= 0.6 is 0 Å². The van der Waals surface area contributed by atoms with Crippen molar-refractivity contribution >= 4 is 11.9 Å². The molecule has 0 fully saturated rings. The van der Waals surface area contributed by atoms with Crippen molar-refractivity contribution in [3.05, 3.63) is 0 Å². The minimum absolute atomic E-state index is 0.0659. The van der Waals surface area contributed by atoms with Crippen LogP contribution in [-0.2, 0) is 9.59 Å². The van der Waals surface area contributed by atoms with Gasteiger partial charge in [-0.25, -0.2) is 0 Å². The summed E-state index contributed by atoms with van der Waals surface area (Å²) in [5.41, 5.74) is 0. The Bertz CT molecular complexity index is 204. The van der Waals surface area contributed by atoms with Crippen molar-refractivity contribution in [2.75, 3.05) is 6.54 Å². The molecule has 0 aromatic rings. The number of carboxylic acids is 1. The van der Waals surface area contributed by atoms with Crippen molar-refractivity contribution < 1.29 is 14.7 Å². The van der Waals surface area contributed by atoms with E-state index in [1.807, 2.05) is 0 Å². The standard InChI is InChI=1S/C7H9NO3/c1-3-4-8-6(9)5(2)7(10)11/h1,5H,4H2,2H3,(H,8,9)(H,10,11). The summed E-state index contributed by atoms with van der Waals surface area (Å²) in [6, 6.07) is 0. The van der Waals surface area contributed by atoms with Gasteiger partial charge in [-0.3, -0.25) is 9.59 Å². The summed E-state index contributed by atoms with van der Waals surface area (Å²) in [6.07, 6.45) is 4.84. The Morgan fingerprint density at radius 3 is 2.64 bits per heavy atom. The van der Waals surface area contributed by atoms with Crippen LogP contribution in [0.15, 0.2) is 0 Å². The Labute approximate surface area is 64.6 Å². The van der Waals surface area contributed by atoms with Gasteiger partial charge in [-0.05, 0) is 6.92 Å². The number of hydrogen-bond donors (Lipinski definition) is 2. The predicted molar refractivity (Wildman–Crippen MR) is 38.6 cm³/mol. The van der Waals surface area contributed by atoms with Crippen LogP contribution < -0.4 is 5.32 Å². The monoisotopic (exact) mass is 155 g/mol. The van der Waals surface area contributed by atoms with Crippen LogP contribution in [0.25, 0.3) is 0 Å². The molecule has 0 saturated carbocycles. The third-order valence-electron chi connectivity index (χ3n) is 1.13. The van der Waals surface area contributed by atoms with E-state index in [2.05, 4.69) is 11.2 Å². The largest absolute Gasteiger partial charge is 0.481 e. The maximum atomic E-state index is 10.8. The van der Waals surface area contributed by atoms with E-state index >= 15 is 0 Å². The molecule has 0 bridgehead atoms. The van der Waals surface area contributed by atoms with E-state index in [-0.39, 0.29) is 6.54 Å². The lowest BCUT2D eigenvalue weighted by atomic mass is 10.2. The number of carboxylic acid groups (broad SMARTS) is 1. The summed E-state index contributed by atoms with van der Waals surface area (Å²) < 4.78 is 0. The molecule has 2 N–H and O–H groups in total. The van der Waals surface area contributed by atoms with Gasteiger partial charge in [0.2, 0.25) is 5.91 Å². The molecule has 60 valence electrons. The number of aliphatic carboxylic acids is 1. The van der Waals surface area contributed by atoms with E-state index in [4.69, 9.17) is 11.5 Å². The Kier molecular flexibility index (Phi) is 3.75. The van der Waals surface area contributed by atoms with Crippen molar-refractivity contribution in [2.24, 2.45) is 5.92 Å². The number of carbonyl (C=O) groups excluding carboxylic acids is 1. The Balaban J connectivity index is 3.85. The average molecular weight is 155 g/mol. The van der Waals surface area contributed by atoms with Crippen LogP contribution in [-0.4, -0.2) is 23.5 Å². The van der Waals surface area contributed by atoms with E-state index in [1.165, 1.54) is 6.92 Å². The van der Waals surface area contributed by atoms with Gasteiger partial charge in [0, 0.05) is 0 Å². The van der Waals surface area contributed by atoms with Crippen molar-refractivity contribution in [3.63, 3.8) is 0 Å². The lowest BCUT2D eigenvalue weighted by Crippen LogP contribution is -2.33. The fraction of sp³-hybridized carbons (Fsp3) is 0.429. The molecule has 0 spiro atoms. The van der Waals surface area contributed by atoms with Crippen molar-refractivity contribution in [3.8, 4) is 12.3 Å². The van der Waals surface area contributed by atoms with E-state index in [9.17, 15) is 9.59 Å². The van der Waals surface area contributed by atoms with Crippen molar-refractivity contribution in [2.45, 2.75) is 6.92 Å². The zero-order valence-electron chi connectivity index (χ0n) is 6.13. The van der Waals surface area contributed by atoms with Crippen LogP contribution in [0.4, 0.5) is 0 Å². The molecular formula is C7H9NO3. The van der Waals surface area contributed by atoms with Crippen LogP contribution in [0, 0.1) is 18.3 Å². The van der Waals surface area contributed by atoms with Crippen molar-refractivity contribution in [1.82, 2.24) is 5.32 Å². The molecular weight excluding hydrogens is 146 g/mol. The summed E-state index contributed by atoms with van der Waals surface area (Å²) >= 11 is 0. The minimum Gasteiger partial charge on any atom is -0.481 e. The van der Waals surface area contributed by atoms with Crippen molar-refractivity contribution in [1.29, 1.82) is 0 Å². The molecule has 0 heterocycles. The Morgan fingerprint density at radius 1 is 1.73 bits per heavy atom. The molecule has 1 unspecified atom stereocenters. The zero-order chi connectivity index (χ0) is 8.85. The molecule has 0 aliphatic rings. The molecule has 0 aliphatic carbocycles. The first kappa shape index (κ1) is 9.50.